The molecule has 0 heterocycles. The van der Waals surface area contributed by atoms with Crippen molar-refractivity contribution in [1.29, 1.82) is 0 Å². The van der Waals surface area contributed by atoms with Gasteiger partial charge >= 0.3 is 0 Å². The van der Waals surface area contributed by atoms with E-state index in [4.69, 9.17) is 0 Å². The summed E-state index contributed by atoms with van der Waals surface area (Å²) in [4.78, 5) is 11.0. The van der Waals surface area contributed by atoms with Gasteiger partial charge in [-0.3, -0.25) is 4.79 Å². The molecular formula is C10H14O. The molecule has 0 aromatic rings. The Bertz CT molecular complexity index is 211. The highest BCUT2D eigenvalue weighted by Gasteiger charge is 2.07. The van der Waals surface area contributed by atoms with Crippen LogP contribution in [-0.4, -0.2) is 5.78 Å². The predicted octanol–water partition coefficient (Wildman–Crippen LogP) is 2.49. The zero-order valence-corrected chi connectivity index (χ0v) is 7.13. The summed E-state index contributed by atoms with van der Waals surface area (Å²) in [6.07, 6.45) is 7.23. The normalized spacial score (nSPS) is 33.5. The maximum absolute atomic E-state index is 11.0. The second-order valence-electron chi connectivity index (χ2n) is 3.18. The summed E-state index contributed by atoms with van der Waals surface area (Å²) in [6.45, 7) is 4.28. The van der Waals surface area contributed by atoms with E-state index in [0.717, 1.165) is 6.42 Å². The second kappa shape index (κ2) is 3.51. The van der Waals surface area contributed by atoms with E-state index in [1.54, 1.807) is 6.08 Å². The molecule has 0 aromatic carbocycles. The third-order valence-corrected chi connectivity index (χ3v) is 2.24. The van der Waals surface area contributed by atoms with Gasteiger partial charge in [0.25, 0.3) is 0 Å². The lowest BCUT2D eigenvalue weighted by Gasteiger charge is -2.11. The van der Waals surface area contributed by atoms with Crippen LogP contribution in [0.1, 0.15) is 26.7 Å². The van der Waals surface area contributed by atoms with Gasteiger partial charge in [-0.2, -0.15) is 0 Å². The molecule has 0 radical (unpaired) electrons. The SMILES string of the molecule is C/C1=C/C=C\C(=O)CCC1C. The number of allylic oxidation sites excluding steroid dienone is 4. The van der Waals surface area contributed by atoms with Gasteiger partial charge in [0.2, 0.25) is 0 Å². The Morgan fingerprint density at radius 1 is 1.55 bits per heavy atom. The molecule has 0 spiro atoms. The summed E-state index contributed by atoms with van der Waals surface area (Å²) in [6, 6.07) is 0. The van der Waals surface area contributed by atoms with Crippen LogP contribution in [0.15, 0.2) is 23.8 Å². The molecule has 1 aliphatic rings. The van der Waals surface area contributed by atoms with Crippen LogP contribution in [0.2, 0.25) is 0 Å². The van der Waals surface area contributed by atoms with Crippen molar-refractivity contribution in [3.8, 4) is 0 Å². The molecule has 1 rings (SSSR count). The fourth-order valence-electron chi connectivity index (χ4n) is 1.14. The molecule has 0 N–H and O–H groups in total. The molecule has 1 nitrogen and oxygen atoms in total. The number of carbonyl (C=O) groups is 1. The molecule has 1 atom stereocenters. The van der Waals surface area contributed by atoms with Crippen LogP contribution in [0.3, 0.4) is 0 Å². The van der Waals surface area contributed by atoms with Crippen molar-refractivity contribution in [2.45, 2.75) is 26.7 Å². The van der Waals surface area contributed by atoms with Crippen molar-refractivity contribution in [3.05, 3.63) is 23.8 Å². The van der Waals surface area contributed by atoms with Gasteiger partial charge in [-0.1, -0.05) is 24.6 Å². The maximum atomic E-state index is 11.0. The smallest absolute Gasteiger partial charge is 0.155 e. The molecular weight excluding hydrogens is 136 g/mol. The maximum Gasteiger partial charge on any atom is 0.155 e. The Morgan fingerprint density at radius 3 is 3.00 bits per heavy atom. The van der Waals surface area contributed by atoms with Crippen LogP contribution in [0, 0.1) is 5.92 Å². The number of hydrogen-bond donors (Lipinski definition) is 0. The van der Waals surface area contributed by atoms with Crippen LogP contribution < -0.4 is 0 Å². The molecule has 0 aliphatic heterocycles. The van der Waals surface area contributed by atoms with E-state index in [-0.39, 0.29) is 5.78 Å². The summed E-state index contributed by atoms with van der Waals surface area (Å²) >= 11 is 0. The van der Waals surface area contributed by atoms with Crippen molar-refractivity contribution >= 4 is 5.78 Å². The standard InChI is InChI=1S/C10H14O/c1-8-4-3-5-10(11)7-6-9(8)2/h3-5,9H,6-7H2,1-2H3/b5-3-,8-4-. The lowest BCUT2D eigenvalue weighted by atomic mass is 9.94. The average Bonchev–Trinajstić information content (AvgIpc) is 1.98. The highest BCUT2D eigenvalue weighted by atomic mass is 16.1. The molecule has 0 saturated heterocycles. The van der Waals surface area contributed by atoms with E-state index in [1.165, 1.54) is 5.57 Å². The van der Waals surface area contributed by atoms with Crippen LogP contribution >= 0.6 is 0 Å². The van der Waals surface area contributed by atoms with E-state index in [1.807, 2.05) is 12.2 Å². The van der Waals surface area contributed by atoms with Crippen LogP contribution in [-0.2, 0) is 4.79 Å². The van der Waals surface area contributed by atoms with Gasteiger partial charge in [0.1, 0.15) is 0 Å². The topological polar surface area (TPSA) is 17.1 Å². The molecule has 1 unspecified atom stereocenters. The summed E-state index contributed by atoms with van der Waals surface area (Å²) in [5.41, 5.74) is 1.37. The lowest BCUT2D eigenvalue weighted by molar-refractivity contribution is -0.114. The quantitative estimate of drug-likeness (QED) is 0.518. The molecule has 0 fully saturated rings. The van der Waals surface area contributed by atoms with Crippen molar-refractivity contribution in [2.24, 2.45) is 5.92 Å². The van der Waals surface area contributed by atoms with Crippen LogP contribution in [0.4, 0.5) is 0 Å². The van der Waals surface area contributed by atoms with E-state index in [9.17, 15) is 4.79 Å². The van der Waals surface area contributed by atoms with Gasteiger partial charge in [0.05, 0.1) is 0 Å². The van der Waals surface area contributed by atoms with E-state index < -0.39 is 0 Å². The fourth-order valence-corrected chi connectivity index (χ4v) is 1.14. The summed E-state index contributed by atoms with van der Waals surface area (Å²) in [5, 5.41) is 0. The first-order valence-corrected chi connectivity index (χ1v) is 4.08. The lowest BCUT2D eigenvalue weighted by Crippen LogP contribution is -2.03. The zero-order valence-electron chi connectivity index (χ0n) is 7.13. The van der Waals surface area contributed by atoms with Gasteiger partial charge in [0, 0.05) is 6.42 Å². The van der Waals surface area contributed by atoms with Gasteiger partial charge in [-0.15, -0.1) is 0 Å². The molecule has 60 valence electrons. The minimum Gasteiger partial charge on any atom is -0.295 e. The van der Waals surface area contributed by atoms with Gasteiger partial charge < -0.3 is 0 Å². The monoisotopic (exact) mass is 150 g/mol. The third kappa shape index (κ3) is 2.34. The number of ketones is 1. The predicted molar refractivity (Wildman–Crippen MR) is 46.3 cm³/mol. The Hall–Kier alpha value is -0.850. The Morgan fingerprint density at radius 2 is 2.27 bits per heavy atom. The summed E-state index contributed by atoms with van der Waals surface area (Å²) < 4.78 is 0. The highest BCUT2D eigenvalue weighted by Crippen LogP contribution is 2.17. The fraction of sp³-hybridized carbons (Fsp3) is 0.500. The van der Waals surface area contributed by atoms with Crippen molar-refractivity contribution in [2.75, 3.05) is 0 Å². The van der Waals surface area contributed by atoms with Gasteiger partial charge in [-0.25, -0.2) is 0 Å². The Labute approximate surface area is 67.8 Å². The average molecular weight is 150 g/mol. The first-order valence-electron chi connectivity index (χ1n) is 4.08. The van der Waals surface area contributed by atoms with Crippen LogP contribution in [0.25, 0.3) is 0 Å². The number of rotatable bonds is 0. The molecule has 11 heavy (non-hydrogen) atoms. The molecule has 0 aromatic heterocycles. The van der Waals surface area contributed by atoms with Crippen LogP contribution in [0.5, 0.6) is 0 Å². The molecule has 0 amide bonds. The Balaban J connectivity index is 2.75. The zero-order chi connectivity index (χ0) is 8.27. The number of carbonyl (C=O) groups excluding carboxylic acids is 1. The largest absolute Gasteiger partial charge is 0.295 e. The van der Waals surface area contributed by atoms with Crippen molar-refractivity contribution < 1.29 is 4.79 Å². The molecule has 0 bridgehead atoms. The first-order chi connectivity index (χ1) is 5.20. The first kappa shape index (κ1) is 8.25. The van der Waals surface area contributed by atoms with Gasteiger partial charge in [0.15, 0.2) is 5.78 Å². The highest BCUT2D eigenvalue weighted by molar-refractivity contribution is 5.90. The van der Waals surface area contributed by atoms with E-state index >= 15 is 0 Å². The molecule has 0 saturated carbocycles. The summed E-state index contributed by atoms with van der Waals surface area (Å²) in [7, 11) is 0. The Kier molecular flexibility index (Phi) is 2.64. The summed E-state index contributed by atoms with van der Waals surface area (Å²) in [5.74, 6) is 0.810. The third-order valence-electron chi connectivity index (χ3n) is 2.24. The second-order valence-corrected chi connectivity index (χ2v) is 3.18. The molecule has 1 aliphatic carbocycles. The molecule has 1 heteroatoms. The van der Waals surface area contributed by atoms with Crippen molar-refractivity contribution in [1.82, 2.24) is 0 Å². The number of hydrogen-bond acceptors (Lipinski definition) is 1. The van der Waals surface area contributed by atoms with Crippen molar-refractivity contribution in [3.63, 3.8) is 0 Å². The van der Waals surface area contributed by atoms with E-state index in [0.29, 0.717) is 12.3 Å². The van der Waals surface area contributed by atoms with Gasteiger partial charge in [-0.05, 0) is 25.3 Å². The minimum absolute atomic E-state index is 0.251. The minimum atomic E-state index is 0.251. The van der Waals surface area contributed by atoms with E-state index in [2.05, 4.69) is 13.8 Å².